The molecule has 1 saturated carbocycles. The number of H-pyrrole nitrogens is 1. The summed E-state index contributed by atoms with van der Waals surface area (Å²) in [7, 11) is 0. The van der Waals surface area contributed by atoms with Crippen molar-refractivity contribution in [2.24, 2.45) is 5.92 Å². The molecular weight excluding hydrogens is 286 g/mol. The molecule has 5 nitrogen and oxygen atoms in total. The summed E-state index contributed by atoms with van der Waals surface area (Å²) in [6.07, 6.45) is 4.65. The van der Waals surface area contributed by atoms with E-state index >= 15 is 0 Å². The van der Waals surface area contributed by atoms with Gasteiger partial charge in [0.05, 0.1) is 0 Å². The zero-order valence-corrected chi connectivity index (χ0v) is 12.9. The van der Waals surface area contributed by atoms with E-state index in [1.807, 2.05) is 0 Å². The smallest absolute Gasteiger partial charge is 0.184 e. The van der Waals surface area contributed by atoms with Crippen molar-refractivity contribution in [1.29, 1.82) is 0 Å². The molecule has 23 heavy (non-hydrogen) atoms. The van der Waals surface area contributed by atoms with Crippen molar-refractivity contribution < 1.29 is 0 Å². The third-order valence-corrected chi connectivity index (χ3v) is 4.95. The van der Waals surface area contributed by atoms with Crippen LogP contribution in [0, 0.1) is 5.92 Å². The number of benzene rings is 1. The highest BCUT2D eigenvalue weighted by molar-refractivity contribution is 5.51. The average molecular weight is 305 g/mol. The number of rotatable bonds is 4. The lowest BCUT2D eigenvalue weighted by molar-refractivity contribution is 0.508. The summed E-state index contributed by atoms with van der Waals surface area (Å²) in [4.78, 5) is 0. The summed E-state index contributed by atoms with van der Waals surface area (Å²) in [5.74, 6) is 3.29. The Bertz CT molecular complexity index is 828. The summed E-state index contributed by atoms with van der Waals surface area (Å²) in [6.45, 7) is 0.984. The Morgan fingerprint density at radius 1 is 1.13 bits per heavy atom. The van der Waals surface area contributed by atoms with Gasteiger partial charge in [0, 0.05) is 24.6 Å². The first-order valence-corrected chi connectivity index (χ1v) is 8.38. The molecule has 0 amide bonds. The lowest BCUT2D eigenvalue weighted by Gasteiger charge is -2.09. The average Bonchev–Trinajstić information content (AvgIpc) is 2.99. The van der Waals surface area contributed by atoms with Gasteiger partial charge in [0.25, 0.3) is 0 Å². The first-order valence-electron chi connectivity index (χ1n) is 8.38. The molecule has 3 heterocycles. The van der Waals surface area contributed by atoms with E-state index in [2.05, 4.69) is 61.4 Å². The van der Waals surface area contributed by atoms with Gasteiger partial charge in [-0.3, -0.25) is 5.10 Å². The number of nitrogens with one attached hydrogen (secondary N) is 1. The van der Waals surface area contributed by atoms with Crippen LogP contribution in [0.15, 0.2) is 36.4 Å². The summed E-state index contributed by atoms with van der Waals surface area (Å²) < 4.78 is 2.25. The number of hydrogen-bond donors (Lipinski definition) is 1. The minimum absolute atomic E-state index is 0.600. The number of nitrogens with zero attached hydrogens (tertiary/aromatic N) is 4. The topological polar surface area (TPSA) is 59.4 Å². The molecule has 0 saturated heterocycles. The van der Waals surface area contributed by atoms with Gasteiger partial charge in [-0.2, -0.15) is 5.10 Å². The minimum atomic E-state index is 0.600. The zero-order valence-electron chi connectivity index (χ0n) is 12.9. The molecule has 1 unspecified atom stereocenters. The van der Waals surface area contributed by atoms with Crippen molar-refractivity contribution in [3.05, 3.63) is 53.5 Å². The standard InChI is InChI=1S/C18H19N5/c1-2-4-12(5-3-1)8-13-9-17-21-22-18(23(17)11-13)16-10-15(19-20-16)14-6-7-14/h1-5,10,13-14H,6-9,11H2,(H,19,20). The van der Waals surface area contributed by atoms with Crippen molar-refractivity contribution >= 4 is 0 Å². The van der Waals surface area contributed by atoms with E-state index in [0.717, 1.165) is 36.7 Å². The molecule has 5 heteroatoms. The second-order valence-electron chi connectivity index (χ2n) is 6.79. The van der Waals surface area contributed by atoms with Gasteiger partial charge in [0.15, 0.2) is 5.82 Å². The second-order valence-corrected chi connectivity index (χ2v) is 6.79. The molecule has 0 radical (unpaired) electrons. The number of fused-ring (bicyclic) bond motifs is 1. The van der Waals surface area contributed by atoms with Crippen LogP contribution in [-0.4, -0.2) is 25.0 Å². The van der Waals surface area contributed by atoms with Gasteiger partial charge in [-0.15, -0.1) is 10.2 Å². The van der Waals surface area contributed by atoms with E-state index in [1.165, 1.54) is 24.1 Å². The van der Waals surface area contributed by atoms with Crippen LogP contribution in [0.3, 0.4) is 0 Å². The Kier molecular flexibility index (Phi) is 2.86. The maximum atomic E-state index is 4.46. The Morgan fingerprint density at radius 2 is 2.00 bits per heavy atom. The van der Waals surface area contributed by atoms with Crippen LogP contribution in [-0.2, 0) is 19.4 Å². The lowest BCUT2D eigenvalue weighted by Crippen LogP contribution is -2.07. The zero-order chi connectivity index (χ0) is 15.2. The van der Waals surface area contributed by atoms with Crippen molar-refractivity contribution in [3.63, 3.8) is 0 Å². The fraction of sp³-hybridized carbons (Fsp3) is 0.389. The largest absolute Gasteiger partial charge is 0.309 e. The van der Waals surface area contributed by atoms with Gasteiger partial charge in [-0.25, -0.2) is 0 Å². The molecule has 0 bridgehead atoms. The number of aromatic nitrogens is 5. The highest BCUT2D eigenvalue weighted by Crippen LogP contribution is 2.40. The maximum Gasteiger partial charge on any atom is 0.184 e. The third-order valence-electron chi connectivity index (χ3n) is 4.95. The van der Waals surface area contributed by atoms with Crippen LogP contribution in [0.25, 0.3) is 11.5 Å². The van der Waals surface area contributed by atoms with Crippen molar-refractivity contribution in [3.8, 4) is 11.5 Å². The summed E-state index contributed by atoms with van der Waals surface area (Å²) >= 11 is 0. The molecular formula is C18H19N5. The van der Waals surface area contributed by atoms with Gasteiger partial charge >= 0.3 is 0 Å². The number of hydrogen-bond acceptors (Lipinski definition) is 3. The van der Waals surface area contributed by atoms with E-state index in [9.17, 15) is 0 Å². The van der Waals surface area contributed by atoms with Gasteiger partial charge < -0.3 is 4.57 Å². The summed E-state index contributed by atoms with van der Waals surface area (Å²) in [6, 6.07) is 12.9. The van der Waals surface area contributed by atoms with Gasteiger partial charge in [-0.05, 0) is 36.8 Å². The fourth-order valence-corrected chi connectivity index (χ4v) is 3.59. The van der Waals surface area contributed by atoms with E-state index in [0.29, 0.717) is 11.8 Å². The molecule has 1 aromatic carbocycles. The maximum absolute atomic E-state index is 4.46. The van der Waals surface area contributed by atoms with Crippen LogP contribution in [0.1, 0.15) is 35.8 Å². The monoisotopic (exact) mass is 305 g/mol. The highest BCUT2D eigenvalue weighted by atomic mass is 15.3. The Labute approximate surface area is 134 Å². The third kappa shape index (κ3) is 2.36. The van der Waals surface area contributed by atoms with Crippen LogP contribution >= 0.6 is 0 Å². The van der Waals surface area contributed by atoms with E-state index in [-0.39, 0.29) is 0 Å². The van der Waals surface area contributed by atoms with E-state index in [1.54, 1.807) is 0 Å². The molecule has 3 aromatic rings. The Balaban J connectivity index is 1.37. The fourth-order valence-electron chi connectivity index (χ4n) is 3.59. The Hall–Kier alpha value is -2.43. The molecule has 1 N–H and O–H groups in total. The van der Waals surface area contributed by atoms with Crippen molar-refractivity contribution in [2.45, 2.75) is 38.1 Å². The molecule has 1 atom stereocenters. The van der Waals surface area contributed by atoms with E-state index < -0.39 is 0 Å². The molecule has 1 aliphatic heterocycles. The quantitative estimate of drug-likeness (QED) is 0.806. The van der Waals surface area contributed by atoms with Crippen LogP contribution in [0.4, 0.5) is 0 Å². The molecule has 0 spiro atoms. The number of aromatic amines is 1. The first kappa shape index (κ1) is 13.0. The molecule has 2 aromatic heterocycles. The normalized spacial score (nSPS) is 19.9. The summed E-state index contributed by atoms with van der Waals surface area (Å²) in [5, 5.41) is 16.4. The molecule has 116 valence electrons. The molecule has 1 aliphatic carbocycles. The van der Waals surface area contributed by atoms with Crippen molar-refractivity contribution in [2.75, 3.05) is 0 Å². The molecule has 2 aliphatic rings. The molecule has 5 rings (SSSR count). The SMILES string of the molecule is c1ccc(CC2Cc3nnc(-c4cc(C5CC5)[nH]n4)n3C2)cc1. The predicted molar refractivity (Wildman–Crippen MR) is 86.9 cm³/mol. The van der Waals surface area contributed by atoms with Crippen molar-refractivity contribution in [1.82, 2.24) is 25.0 Å². The second kappa shape index (κ2) is 5.05. The highest BCUT2D eigenvalue weighted by Gasteiger charge is 2.29. The minimum Gasteiger partial charge on any atom is -0.309 e. The van der Waals surface area contributed by atoms with Crippen LogP contribution in [0.5, 0.6) is 0 Å². The van der Waals surface area contributed by atoms with Gasteiger partial charge in [-0.1, -0.05) is 30.3 Å². The first-order chi connectivity index (χ1) is 11.4. The lowest BCUT2D eigenvalue weighted by atomic mass is 9.98. The van der Waals surface area contributed by atoms with Gasteiger partial charge in [0.1, 0.15) is 11.5 Å². The summed E-state index contributed by atoms with van der Waals surface area (Å²) in [5.41, 5.74) is 3.58. The predicted octanol–water partition coefficient (Wildman–Crippen LogP) is 2.96. The van der Waals surface area contributed by atoms with Crippen LogP contribution < -0.4 is 0 Å². The molecule has 1 fully saturated rings. The Morgan fingerprint density at radius 3 is 2.83 bits per heavy atom. The van der Waals surface area contributed by atoms with Crippen LogP contribution in [0.2, 0.25) is 0 Å². The van der Waals surface area contributed by atoms with Gasteiger partial charge in [0.2, 0.25) is 0 Å². The van der Waals surface area contributed by atoms with E-state index in [4.69, 9.17) is 0 Å².